The molecule has 0 aliphatic heterocycles. The van der Waals surface area contributed by atoms with Gasteiger partial charge >= 0.3 is 0 Å². The zero-order valence-electron chi connectivity index (χ0n) is 11.0. The molecule has 0 unspecified atom stereocenters. The maximum absolute atomic E-state index is 12.7. The van der Waals surface area contributed by atoms with Gasteiger partial charge in [0.1, 0.15) is 17.2 Å². The molecule has 0 N–H and O–H groups in total. The highest BCUT2D eigenvalue weighted by molar-refractivity contribution is 7.20. The van der Waals surface area contributed by atoms with E-state index in [2.05, 4.69) is 4.98 Å². The number of nitriles is 1. The van der Waals surface area contributed by atoms with Gasteiger partial charge in [-0.15, -0.1) is 22.7 Å². The van der Waals surface area contributed by atoms with Gasteiger partial charge in [0, 0.05) is 15.3 Å². The minimum absolute atomic E-state index is 0.0341. The molecule has 3 rings (SSSR count). The van der Waals surface area contributed by atoms with E-state index in [0.29, 0.717) is 11.2 Å². The molecule has 0 radical (unpaired) electrons. The summed E-state index contributed by atoms with van der Waals surface area (Å²) in [5.41, 5.74) is 0.839. The fourth-order valence-corrected chi connectivity index (χ4v) is 4.24. The average Bonchev–Trinajstić information content (AvgIpc) is 3.01. The normalized spacial score (nSPS) is 10.8. The van der Waals surface area contributed by atoms with Crippen LogP contribution in [0.25, 0.3) is 20.7 Å². The highest BCUT2D eigenvalue weighted by Crippen LogP contribution is 2.37. The average molecular weight is 301 g/mol. The molecular formula is C14H11N3OS2. The molecule has 0 spiro atoms. The maximum atomic E-state index is 12.7. The number of hydrogen-bond donors (Lipinski definition) is 0. The summed E-state index contributed by atoms with van der Waals surface area (Å²) in [6, 6.07) is 6.00. The summed E-state index contributed by atoms with van der Waals surface area (Å²) in [7, 11) is 0. The van der Waals surface area contributed by atoms with Crippen LogP contribution in [0.1, 0.15) is 10.7 Å². The minimum atomic E-state index is -0.123. The van der Waals surface area contributed by atoms with Gasteiger partial charge in [-0.2, -0.15) is 5.26 Å². The number of fused-ring (bicyclic) bond motifs is 1. The van der Waals surface area contributed by atoms with E-state index in [1.165, 1.54) is 15.9 Å². The molecule has 20 heavy (non-hydrogen) atoms. The molecule has 0 atom stereocenters. The summed E-state index contributed by atoms with van der Waals surface area (Å²) in [5.74, 6) is 0.586. The molecule has 0 saturated heterocycles. The second-order valence-corrected chi connectivity index (χ2v) is 6.55. The molecule has 0 amide bonds. The van der Waals surface area contributed by atoms with Gasteiger partial charge in [0.05, 0.1) is 11.5 Å². The summed E-state index contributed by atoms with van der Waals surface area (Å²) in [6.45, 7) is 3.80. The Kier molecular flexibility index (Phi) is 3.16. The van der Waals surface area contributed by atoms with Gasteiger partial charge < -0.3 is 0 Å². The molecule has 3 heterocycles. The molecule has 0 bridgehead atoms. The second-order valence-electron chi connectivity index (χ2n) is 4.40. The zero-order valence-corrected chi connectivity index (χ0v) is 12.6. The van der Waals surface area contributed by atoms with E-state index in [1.54, 1.807) is 18.3 Å². The van der Waals surface area contributed by atoms with E-state index < -0.39 is 0 Å². The Hall–Kier alpha value is -1.97. The summed E-state index contributed by atoms with van der Waals surface area (Å²) in [4.78, 5) is 20.0. The quantitative estimate of drug-likeness (QED) is 0.729. The third kappa shape index (κ3) is 1.87. The van der Waals surface area contributed by atoms with E-state index in [1.807, 2.05) is 30.5 Å². The third-order valence-electron chi connectivity index (χ3n) is 3.18. The maximum Gasteiger partial charge on any atom is 0.263 e. The van der Waals surface area contributed by atoms with E-state index in [4.69, 9.17) is 5.26 Å². The van der Waals surface area contributed by atoms with Crippen LogP contribution in [0.4, 0.5) is 0 Å². The fourth-order valence-electron chi connectivity index (χ4n) is 2.27. The Labute approximate surface area is 123 Å². The zero-order chi connectivity index (χ0) is 14.3. The Morgan fingerprint density at radius 1 is 1.45 bits per heavy atom. The number of aryl methyl sites for hydroxylation is 2. The fraction of sp³-hybridized carbons (Fsp3) is 0.214. The Bertz CT molecular complexity index is 882. The molecule has 3 aromatic rings. The summed E-state index contributed by atoms with van der Waals surface area (Å²) in [5, 5.41) is 11.5. The highest BCUT2D eigenvalue weighted by atomic mass is 32.1. The van der Waals surface area contributed by atoms with Crippen LogP contribution < -0.4 is 5.56 Å². The Balaban J connectivity index is 2.43. The standard InChI is InChI=1S/C14H11N3OS2/c1-8-11(10-4-3-7-19-10)12-13(20-8)16-9(2)17(6-5-15)14(12)18/h3-4,7H,6H2,1-2H3. The van der Waals surface area contributed by atoms with Crippen molar-refractivity contribution in [2.24, 2.45) is 0 Å². The topological polar surface area (TPSA) is 58.7 Å². The molecule has 6 heteroatoms. The van der Waals surface area contributed by atoms with Gasteiger partial charge in [0.15, 0.2) is 0 Å². The molecule has 0 aliphatic carbocycles. The van der Waals surface area contributed by atoms with Gasteiger partial charge in [0.25, 0.3) is 5.56 Å². The van der Waals surface area contributed by atoms with E-state index in [-0.39, 0.29) is 12.1 Å². The largest absolute Gasteiger partial charge is 0.282 e. The minimum Gasteiger partial charge on any atom is -0.282 e. The SMILES string of the molecule is Cc1sc2nc(C)n(CC#N)c(=O)c2c1-c1cccs1. The first-order valence-corrected chi connectivity index (χ1v) is 7.74. The van der Waals surface area contributed by atoms with Gasteiger partial charge in [-0.05, 0) is 25.3 Å². The van der Waals surface area contributed by atoms with Crippen molar-refractivity contribution in [2.45, 2.75) is 20.4 Å². The van der Waals surface area contributed by atoms with Gasteiger partial charge in [-0.25, -0.2) is 4.98 Å². The third-order valence-corrected chi connectivity index (χ3v) is 5.06. The molecule has 0 aliphatic rings. The predicted octanol–water partition coefficient (Wildman–Crippen LogP) is 3.33. The number of thiophene rings is 2. The first-order valence-electron chi connectivity index (χ1n) is 6.05. The van der Waals surface area contributed by atoms with Crippen molar-refractivity contribution in [3.8, 4) is 16.5 Å². The smallest absolute Gasteiger partial charge is 0.263 e. The molecule has 0 aromatic carbocycles. The van der Waals surface area contributed by atoms with Crippen molar-refractivity contribution in [3.05, 3.63) is 38.6 Å². The van der Waals surface area contributed by atoms with Gasteiger partial charge in [0.2, 0.25) is 0 Å². The highest BCUT2D eigenvalue weighted by Gasteiger charge is 2.18. The van der Waals surface area contributed by atoms with Crippen molar-refractivity contribution >= 4 is 32.9 Å². The van der Waals surface area contributed by atoms with Crippen LogP contribution in [-0.4, -0.2) is 9.55 Å². The van der Waals surface area contributed by atoms with Crippen molar-refractivity contribution in [1.29, 1.82) is 5.26 Å². The monoisotopic (exact) mass is 301 g/mol. The lowest BCUT2D eigenvalue weighted by atomic mass is 10.1. The molecule has 0 saturated carbocycles. The molecule has 100 valence electrons. The van der Waals surface area contributed by atoms with Crippen LogP contribution in [-0.2, 0) is 6.54 Å². The second kappa shape index (κ2) is 4.85. The lowest BCUT2D eigenvalue weighted by Gasteiger charge is -2.05. The van der Waals surface area contributed by atoms with Crippen LogP contribution in [0, 0.1) is 25.2 Å². The lowest BCUT2D eigenvalue weighted by Crippen LogP contribution is -2.23. The van der Waals surface area contributed by atoms with Crippen molar-refractivity contribution < 1.29 is 0 Å². The molecule has 0 fully saturated rings. The summed E-state index contributed by atoms with van der Waals surface area (Å²) in [6.07, 6.45) is 0. The first kappa shape index (κ1) is 13.0. The lowest BCUT2D eigenvalue weighted by molar-refractivity contribution is 0.737. The molecule has 4 nitrogen and oxygen atoms in total. The van der Waals surface area contributed by atoms with Gasteiger partial charge in [-0.3, -0.25) is 9.36 Å². The van der Waals surface area contributed by atoms with Crippen molar-refractivity contribution in [3.63, 3.8) is 0 Å². The van der Waals surface area contributed by atoms with Crippen molar-refractivity contribution in [2.75, 3.05) is 0 Å². The predicted molar refractivity (Wildman–Crippen MR) is 82.3 cm³/mol. The number of hydrogen-bond acceptors (Lipinski definition) is 5. The number of aromatic nitrogens is 2. The van der Waals surface area contributed by atoms with E-state index in [0.717, 1.165) is 20.1 Å². The van der Waals surface area contributed by atoms with Crippen molar-refractivity contribution in [1.82, 2.24) is 9.55 Å². The summed E-state index contributed by atoms with van der Waals surface area (Å²) >= 11 is 3.14. The summed E-state index contributed by atoms with van der Waals surface area (Å²) < 4.78 is 1.44. The molecule has 3 aromatic heterocycles. The van der Waals surface area contributed by atoms with E-state index in [9.17, 15) is 4.79 Å². The Morgan fingerprint density at radius 2 is 2.25 bits per heavy atom. The molecular weight excluding hydrogens is 290 g/mol. The van der Waals surface area contributed by atoms with Gasteiger partial charge in [-0.1, -0.05) is 6.07 Å². The van der Waals surface area contributed by atoms with Crippen LogP contribution in [0.15, 0.2) is 22.3 Å². The first-order chi connectivity index (χ1) is 9.63. The van der Waals surface area contributed by atoms with Crippen LogP contribution in [0.5, 0.6) is 0 Å². The van der Waals surface area contributed by atoms with Crippen LogP contribution >= 0.6 is 22.7 Å². The van der Waals surface area contributed by atoms with E-state index >= 15 is 0 Å². The Morgan fingerprint density at radius 3 is 2.90 bits per heavy atom. The number of rotatable bonds is 2. The number of nitrogens with zero attached hydrogens (tertiary/aromatic N) is 3. The van der Waals surface area contributed by atoms with Crippen LogP contribution in [0.3, 0.4) is 0 Å². The van der Waals surface area contributed by atoms with Crippen LogP contribution in [0.2, 0.25) is 0 Å².